The summed E-state index contributed by atoms with van der Waals surface area (Å²) in [5.41, 5.74) is 3.65. The summed E-state index contributed by atoms with van der Waals surface area (Å²) < 4.78 is 0. The number of fused-ring (bicyclic) bond motifs is 1. The molecule has 1 amide bonds. The normalized spacial score (nSPS) is 22.2. The van der Waals surface area contributed by atoms with E-state index in [0.29, 0.717) is 5.02 Å². The molecule has 0 aliphatic carbocycles. The number of nitrogens with one attached hydrogen (secondary N) is 3. The first-order chi connectivity index (χ1) is 12.1. The van der Waals surface area contributed by atoms with Crippen molar-refractivity contribution in [3.05, 3.63) is 64.2 Å². The summed E-state index contributed by atoms with van der Waals surface area (Å²) in [5, 5.41) is 10.8. The highest BCUT2D eigenvalue weighted by atomic mass is 35.5. The second-order valence-corrected chi connectivity index (χ2v) is 7.44. The van der Waals surface area contributed by atoms with Crippen molar-refractivity contribution in [1.82, 2.24) is 10.6 Å². The molecule has 2 aromatic rings. The average Bonchev–Trinajstić information content (AvgIpc) is 2.73. The number of hydrogen-bond donors (Lipinski definition) is 3. The zero-order valence-electron chi connectivity index (χ0n) is 14.2. The van der Waals surface area contributed by atoms with Crippen LogP contribution in [0.1, 0.15) is 35.6 Å². The van der Waals surface area contributed by atoms with Crippen LogP contribution in [0.25, 0.3) is 0 Å². The molecule has 1 unspecified atom stereocenters. The Bertz CT molecular complexity index is 797. The van der Waals surface area contributed by atoms with Crippen LogP contribution in [0.2, 0.25) is 5.02 Å². The number of carbonyl (C=O) groups is 1. The lowest BCUT2D eigenvalue weighted by atomic mass is 9.85. The molecule has 4 rings (SSSR count). The van der Waals surface area contributed by atoms with Crippen molar-refractivity contribution >= 4 is 23.2 Å². The van der Waals surface area contributed by atoms with Gasteiger partial charge in [-0.25, -0.2) is 0 Å². The van der Waals surface area contributed by atoms with Crippen LogP contribution in [-0.4, -0.2) is 24.5 Å². The maximum absolute atomic E-state index is 13.0. The van der Waals surface area contributed by atoms with Crippen LogP contribution < -0.4 is 16.0 Å². The number of rotatable bonds is 1. The highest BCUT2D eigenvalue weighted by molar-refractivity contribution is 6.30. The first-order valence-electron chi connectivity index (χ1n) is 8.73. The topological polar surface area (TPSA) is 53.2 Å². The van der Waals surface area contributed by atoms with Crippen molar-refractivity contribution in [2.24, 2.45) is 0 Å². The molecule has 1 spiro atoms. The van der Waals surface area contributed by atoms with Gasteiger partial charge in [0.05, 0.1) is 6.04 Å². The van der Waals surface area contributed by atoms with E-state index in [1.807, 2.05) is 18.2 Å². The van der Waals surface area contributed by atoms with Gasteiger partial charge < -0.3 is 10.6 Å². The Hall–Kier alpha value is -1.88. The summed E-state index contributed by atoms with van der Waals surface area (Å²) >= 11 is 6.27. The Morgan fingerprint density at radius 2 is 1.80 bits per heavy atom. The van der Waals surface area contributed by atoms with Gasteiger partial charge in [-0.15, -0.1) is 0 Å². The van der Waals surface area contributed by atoms with Gasteiger partial charge in [0.25, 0.3) is 0 Å². The van der Waals surface area contributed by atoms with Gasteiger partial charge in [-0.3, -0.25) is 10.1 Å². The predicted octanol–water partition coefficient (Wildman–Crippen LogP) is 3.40. The van der Waals surface area contributed by atoms with Gasteiger partial charge in [-0.2, -0.15) is 0 Å². The third-order valence-corrected chi connectivity index (χ3v) is 5.53. The molecule has 2 aromatic carbocycles. The number of anilines is 1. The third-order valence-electron chi connectivity index (χ3n) is 5.30. The van der Waals surface area contributed by atoms with E-state index in [2.05, 4.69) is 47.1 Å². The van der Waals surface area contributed by atoms with E-state index < -0.39 is 5.54 Å². The standard InChI is InChI=1S/C20H22ClN3O/c1-13-2-4-14(5-3-13)18-16-12-15(21)6-7-17(16)23-19(25)20(24-18)8-10-22-11-9-20/h2-7,12,18,22,24H,8-11H2,1H3,(H,23,25). The Morgan fingerprint density at radius 3 is 2.52 bits per heavy atom. The van der Waals surface area contributed by atoms with Crippen molar-refractivity contribution < 1.29 is 4.79 Å². The Labute approximate surface area is 153 Å². The summed E-state index contributed by atoms with van der Waals surface area (Å²) in [6, 6.07) is 14.1. The van der Waals surface area contributed by atoms with Crippen LogP contribution in [-0.2, 0) is 4.79 Å². The fraction of sp³-hybridized carbons (Fsp3) is 0.350. The number of benzene rings is 2. The van der Waals surface area contributed by atoms with Gasteiger partial charge in [0.1, 0.15) is 5.54 Å². The van der Waals surface area contributed by atoms with Gasteiger partial charge in [-0.05, 0) is 62.2 Å². The lowest BCUT2D eigenvalue weighted by molar-refractivity contribution is -0.123. The molecule has 2 aliphatic rings. The second kappa shape index (κ2) is 6.45. The molecular weight excluding hydrogens is 334 g/mol. The minimum atomic E-state index is -0.563. The molecule has 4 nitrogen and oxygen atoms in total. The third kappa shape index (κ3) is 3.06. The number of piperidine rings is 1. The second-order valence-electron chi connectivity index (χ2n) is 7.01. The molecule has 130 valence electrons. The number of carbonyl (C=O) groups excluding carboxylic acids is 1. The van der Waals surface area contributed by atoms with Crippen LogP contribution in [0, 0.1) is 6.92 Å². The molecule has 1 saturated heterocycles. The van der Waals surface area contributed by atoms with Gasteiger partial charge >= 0.3 is 0 Å². The lowest BCUT2D eigenvalue weighted by Gasteiger charge is -2.38. The van der Waals surface area contributed by atoms with Crippen LogP contribution in [0.5, 0.6) is 0 Å². The fourth-order valence-electron chi connectivity index (χ4n) is 3.79. The van der Waals surface area contributed by atoms with Gasteiger partial charge in [0, 0.05) is 10.7 Å². The van der Waals surface area contributed by atoms with E-state index in [1.54, 1.807) is 0 Å². The van der Waals surface area contributed by atoms with Crippen LogP contribution in [0.3, 0.4) is 0 Å². The van der Waals surface area contributed by atoms with E-state index in [-0.39, 0.29) is 11.9 Å². The Balaban J connectivity index is 1.84. The van der Waals surface area contributed by atoms with Crippen LogP contribution >= 0.6 is 11.6 Å². The van der Waals surface area contributed by atoms with E-state index in [9.17, 15) is 4.79 Å². The highest BCUT2D eigenvalue weighted by Crippen LogP contribution is 2.37. The first-order valence-corrected chi connectivity index (χ1v) is 9.11. The van der Waals surface area contributed by atoms with Crippen LogP contribution in [0.15, 0.2) is 42.5 Å². The SMILES string of the molecule is Cc1ccc(C2NC3(CCNCC3)C(=O)Nc3ccc(Cl)cc32)cc1. The average molecular weight is 356 g/mol. The van der Waals surface area contributed by atoms with Crippen molar-refractivity contribution in [3.63, 3.8) is 0 Å². The number of hydrogen-bond acceptors (Lipinski definition) is 3. The Morgan fingerprint density at radius 1 is 1.08 bits per heavy atom. The summed E-state index contributed by atoms with van der Waals surface area (Å²) in [7, 11) is 0. The molecule has 0 aromatic heterocycles. The van der Waals surface area contributed by atoms with E-state index >= 15 is 0 Å². The van der Waals surface area contributed by atoms with Crippen molar-refractivity contribution in [2.45, 2.75) is 31.3 Å². The largest absolute Gasteiger partial charge is 0.324 e. The van der Waals surface area contributed by atoms with Crippen molar-refractivity contribution in [3.8, 4) is 0 Å². The minimum Gasteiger partial charge on any atom is -0.324 e. The van der Waals surface area contributed by atoms with E-state index in [0.717, 1.165) is 42.7 Å². The van der Waals surface area contributed by atoms with E-state index in [4.69, 9.17) is 11.6 Å². The molecule has 1 atom stereocenters. The molecular formula is C20H22ClN3O. The molecule has 5 heteroatoms. The quantitative estimate of drug-likeness (QED) is 0.735. The Kier molecular flexibility index (Phi) is 4.28. The number of halogens is 1. The summed E-state index contributed by atoms with van der Waals surface area (Å²) in [4.78, 5) is 13.0. The lowest BCUT2D eigenvalue weighted by Crippen LogP contribution is -2.59. The zero-order valence-corrected chi connectivity index (χ0v) is 15.0. The molecule has 2 aliphatic heterocycles. The number of aryl methyl sites for hydroxylation is 1. The van der Waals surface area contributed by atoms with E-state index in [1.165, 1.54) is 5.56 Å². The van der Waals surface area contributed by atoms with Gasteiger partial charge in [0.2, 0.25) is 5.91 Å². The maximum atomic E-state index is 13.0. The molecule has 0 bridgehead atoms. The molecule has 1 fully saturated rings. The predicted molar refractivity (Wildman–Crippen MR) is 101 cm³/mol. The smallest absolute Gasteiger partial charge is 0.244 e. The monoisotopic (exact) mass is 355 g/mol. The molecule has 0 saturated carbocycles. The molecule has 0 radical (unpaired) electrons. The van der Waals surface area contributed by atoms with Crippen molar-refractivity contribution in [2.75, 3.05) is 18.4 Å². The maximum Gasteiger partial charge on any atom is 0.244 e. The summed E-state index contributed by atoms with van der Waals surface area (Å²) in [6.45, 7) is 3.74. The van der Waals surface area contributed by atoms with Crippen LogP contribution in [0.4, 0.5) is 5.69 Å². The van der Waals surface area contributed by atoms with Gasteiger partial charge in [-0.1, -0.05) is 41.4 Å². The minimum absolute atomic E-state index is 0.0483. The number of amides is 1. The van der Waals surface area contributed by atoms with Crippen molar-refractivity contribution in [1.29, 1.82) is 0 Å². The fourth-order valence-corrected chi connectivity index (χ4v) is 3.98. The summed E-state index contributed by atoms with van der Waals surface area (Å²) in [5.74, 6) is 0.0483. The first kappa shape index (κ1) is 16.6. The highest BCUT2D eigenvalue weighted by Gasteiger charge is 2.44. The molecule has 3 N–H and O–H groups in total. The van der Waals surface area contributed by atoms with Gasteiger partial charge in [0.15, 0.2) is 0 Å². The molecule has 25 heavy (non-hydrogen) atoms. The summed E-state index contributed by atoms with van der Waals surface area (Å²) in [6.07, 6.45) is 1.53. The molecule has 2 heterocycles. The zero-order chi connectivity index (χ0) is 17.4.